The Morgan fingerprint density at radius 2 is 1.69 bits per heavy atom. The molecule has 7 heteroatoms. The van der Waals surface area contributed by atoms with Crippen LogP contribution in [-0.2, 0) is 16.0 Å². The lowest BCUT2D eigenvalue weighted by Gasteiger charge is -2.24. The Labute approximate surface area is 194 Å². The van der Waals surface area contributed by atoms with Gasteiger partial charge in [-0.1, -0.05) is 55.8 Å². The zero-order valence-corrected chi connectivity index (χ0v) is 19.9. The Kier molecular flexibility index (Phi) is 8.84. The molecule has 1 unspecified atom stereocenters. The molecule has 32 heavy (non-hydrogen) atoms. The summed E-state index contributed by atoms with van der Waals surface area (Å²) in [4.78, 5) is 37.9. The number of ketones is 1. The molecule has 0 spiro atoms. The molecule has 0 saturated carbocycles. The van der Waals surface area contributed by atoms with E-state index in [-0.39, 0.29) is 29.4 Å². The second-order valence-electron chi connectivity index (χ2n) is 8.84. The largest absolute Gasteiger partial charge is 0.444 e. The van der Waals surface area contributed by atoms with Gasteiger partial charge in [-0.3, -0.25) is 4.79 Å². The Morgan fingerprint density at radius 3 is 2.28 bits per heavy atom. The zero-order chi connectivity index (χ0) is 23.9. The van der Waals surface area contributed by atoms with Crippen molar-refractivity contribution in [2.75, 3.05) is 0 Å². The molecule has 0 radical (unpaired) electrons. The van der Waals surface area contributed by atoms with Crippen LogP contribution >= 0.6 is 11.6 Å². The Bertz CT molecular complexity index is 951. The molecule has 172 valence electrons. The van der Waals surface area contributed by atoms with Crippen LogP contribution in [0.1, 0.15) is 57.0 Å². The number of halogens is 1. The summed E-state index contributed by atoms with van der Waals surface area (Å²) in [5.41, 5.74) is 0.592. The molecule has 0 aliphatic rings. The van der Waals surface area contributed by atoms with E-state index >= 15 is 0 Å². The molecule has 2 aromatic carbocycles. The average molecular weight is 460 g/mol. The lowest BCUT2D eigenvalue weighted by atomic mass is 10.0. The van der Waals surface area contributed by atoms with Crippen LogP contribution in [0.15, 0.2) is 48.5 Å². The molecular weight excluding hydrogens is 430 g/mol. The highest BCUT2D eigenvalue weighted by Crippen LogP contribution is 2.26. The summed E-state index contributed by atoms with van der Waals surface area (Å²) >= 11 is 6.08. The molecule has 2 aromatic rings. The summed E-state index contributed by atoms with van der Waals surface area (Å²) < 4.78 is 10.8. The summed E-state index contributed by atoms with van der Waals surface area (Å²) in [5, 5.41) is 2.88. The second-order valence-corrected chi connectivity index (χ2v) is 9.27. The molecule has 0 heterocycles. The van der Waals surface area contributed by atoms with Crippen molar-refractivity contribution in [2.45, 2.75) is 59.1 Å². The standard InChI is InChI=1S/C25H30ClNO5/c1-16(2)22(27-24(30)32-25(3,4)5)23(29)31-21-15-18(26)12-13-19(21)20(28)14-11-17-9-7-6-8-10-17/h6-10,12-13,15-16,22H,11,14H2,1-5H3,(H,27,30). The molecule has 1 atom stereocenters. The van der Waals surface area contributed by atoms with Gasteiger partial charge in [0, 0.05) is 17.5 Å². The van der Waals surface area contributed by atoms with Gasteiger partial charge in [0.2, 0.25) is 0 Å². The third-order valence-electron chi connectivity index (χ3n) is 4.53. The third-order valence-corrected chi connectivity index (χ3v) is 4.77. The van der Waals surface area contributed by atoms with Crippen LogP contribution in [0.25, 0.3) is 0 Å². The van der Waals surface area contributed by atoms with Gasteiger partial charge in [0.1, 0.15) is 17.4 Å². The fourth-order valence-corrected chi connectivity index (χ4v) is 3.11. The van der Waals surface area contributed by atoms with Gasteiger partial charge in [-0.2, -0.15) is 0 Å². The number of Topliss-reactive ketones (excluding diaryl/α,β-unsaturated/α-hetero) is 1. The summed E-state index contributed by atoms with van der Waals surface area (Å²) in [5.74, 6) is -1.08. The van der Waals surface area contributed by atoms with Crippen LogP contribution in [-0.4, -0.2) is 29.5 Å². The first-order valence-electron chi connectivity index (χ1n) is 10.5. The number of esters is 1. The molecular formula is C25H30ClNO5. The zero-order valence-electron chi connectivity index (χ0n) is 19.1. The van der Waals surface area contributed by atoms with Crippen LogP contribution in [0.4, 0.5) is 4.79 Å². The predicted molar refractivity (Wildman–Crippen MR) is 124 cm³/mol. The number of carbonyl (C=O) groups excluding carboxylic acids is 3. The minimum atomic E-state index is -0.962. The predicted octanol–water partition coefficient (Wildman–Crippen LogP) is 5.61. The molecule has 1 amide bonds. The Morgan fingerprint density at radius 1 is 1.03 bits per heavy atom. The summed E-state index contributed by atoms with van der Waals surface area (Å²) in [6, 6.07) is 13.2. The number of carbonyl (C=O) groups is 3. The summed E-state index contributed by atoms with van der Waals surface area (Å²) in [7, 11) is 0. The van der Waals surface area contributed by atoms with Crippen LogP contribution in [0.5, 0.6) is 5.75 Å². The smallest absolute Gasteiger partial charge is 0.408 e. The lowest BCUT2D eigenvalue weighted by molar-refractivity contribution is -0.137. The van der Waals surface area contributed by atoms with Gasteiger partial charge in [0.25, 0.3) is 0 Å². The van der Waals surface area contributed by atoms with Crippen molar-refractivity contribution in [3.63, 3.8) is 0 Å². The number of alkyl carbamates (subject to hydrolysis) is 1. The first-order chi connectivity index (χ1) is 15.0. The van der Waals surface area contributed by atoms with Crippen molar-refractivity contribution in [3.8, 4) is 5.75 Å². The Balaban J connectivity index is 2.15. The molecule has 0 bridgehead atoms. The second kappa shape index (κ2) is 11.1. The van der Waals surface area contributed by atoms with Crippen molar-refractivity contribution < 1.29 is 23.9 Å². The molecule has 0 saturated heterocycles. The van der Waals surface area contributed by atoms with Gasteiger partial charge in [0.15, 0.2) is 5.78 Å². The number of rotatable bonds is 8. The third kappa shape index (κ3) is 8.00. The van der Waals surface area contributed by atoms with Crippen molar-refractivity contribution in [1.29, 1.82) is 0 Å². The van der Waals surface area contributed by atoms with Crippen LogP contribution < -0.4 is 10.1 Å². The average Bonchev–Trinajstić information content (AvgIpc) is 2.69. The normalized spacial score (nSPS) is 12.2. The highest BCUT2D eigenvalue weighted by atomic mass is 35.5. The van der Waals surface area contributed by atoms with E-state index in [2.05, 4.69) is 5.32 Å². The minimum absolute atomic E-state index is 0.0669. The topological polar surface area (TPSA) is 81.7 Å². The molecule has 0 aliphatic heterocycles. The Hall–Kier alpha value is -2.86. The molecule has 0 aliphatic carbocycles. The molecule has 6 nitrogen and oxygen atoms in total. The highest BCUT2D eigenvalue weighted by molar-refractivity contribution is 6.30. The number of amides is 1. The van der Waals surface area contributed by atoms with Crippen molar-refractivity contribution in [3.05, 3.63) is 64.7 Å². The fourth-order valence-electron chi connectivity index (χ4n) is 2.95. The first kappa shape index (κ1) is 25.4. The van der Waals surface area contributed by atoms with Crippen molar-refractivity contribution >= 4 is 29.4 Å². The van der Waals surface area contributed by atoms with E-state index in [4.69, 9.17) is 21.1 Å². The quantitative estimate of drug-likeness (QED) is 0.315. The van der Waals surface area contributed by atoms with Crippen LogP contribution in [0.3, 0.4) is 0 Å². The maximum absolute atomic E-state index is 12.9. The van der Waals surface area contributed by atoms with E-state index in [9.17, 15) is 14.4 Å². The maximum Gasteiger partial charge on any atom is 0.408 e. The van der Waals surface area contributed by atoms with Gasteiger partial charge in [-0.25, -0.2) is 9.59 Å². The molecule has 1 N–H and O–H groups in total. The number of nitrogens with one attached hydrogen (secondary N) is 1. The number of ether oxygens (including phenoxy) is 2. The van der Waals surface area contributed by atoms with Gasteiger partial charge < -0.3 is 14.8 Å². The number of benzene rings is 2. The lowest BCUT2D eigenvalue weighted by Crippen LogP contribution is -2.48. The number of hydrogen-bond acceptors (Lipinski definition) is 5. The molecule has 2 rings (SSSR count). The van der Waals surface area contributed by atoms with Gasteiger partial charge in [-0.05, 0) is 50.8 Å². The fraction of sp³-hybridized carbons (Fsp3) is 0.400. The summed E-state index contributed by atoms with van der Waals surface area (Å²) in [6.07, 6.45) is 0.0863. The highest BCUT2D eigenvalue weighted by Gasteiger charge is 2.29. The maximum atomic E-state index is 12.9. The number of hydrogen-bond donors (Lipinski definition) is 1. The van der Waals surface area contributed by atoms with Crippen LogP contribution in [0.2, 0.25) is 5.02 Å². The van der Waals surface area contributed by atoms with Gasteiger partial charge >= 0.3 is 12.1 Å². The van der Waals surface area contributed by atoms with E-state index in [1.165, 1.54) is 6.07 Å². The van der Waals surface area contributed by atoms with E-state index in [1.54, 1.807) is 46.8 Å². The SMILES string of the molecule is CC(C)C(NC(=O)OC(C)(C)C)C(=O)Oc1cc(Cl)ccc1C(=O)CCc1ccccc1. The van der Waals surface area contributed by atoms with Crippen molar-refractivity contribution in [1.82, 2.24) is 5.32 Å². The monoisotopic (exact) mass is 459 g/mol. The van der Waals surface area contributed by atoms with E-state index in [0.717, 1.165) is 5.56 Å². The molecule has 0 fully saturated rings. The van der Waals surface area contributed by atoms with Crippen molar-refractivity contribution in [2.24, 2.45) is 5.92 Å². The minimum Gasteiger partial charge on any atom is -0.444 e. The first-order valence-corrected chi connectivity index (χ1v) is 10.9. The molecule has 0 aromatic heterocycles. The van der Waals surface area contributed by atoms with Gasteiger partial charge in [-0.15, -0.1) is 0 Å². The van der Waals surface area contributed by atoms with E-state index < -0.39 is 23.7 Å². The van der Waals surface area contributed by atoms with Gasteiger partial charge in [0.05, 0.1) is 5.56 Å². The summed E-state index contributed by atoms with van der Waals surface area (Å²) in [6.45, 7) is 8.73. The van der Waals surface area contributed by atoms with Crippen LogP contribution in [0, 0.1) is 5.92 Å². The number of aryl methyl sites for hydroxylation is 1. The van der Waals surface area contributed by atoms with E-state index in [0.29, 0.717) is 11.4 Å². The van der Waals surface area contributed by atoms with E-state index in [1.807, 2.05) is 30.3 Å².